The minimum atomic E-state index is -1.37. The number of hydrogen-bond donors (Lipinski definition) is 1. The van der Waals surface area contributed by atoms with E-state index < -0.39 is 29.0 Å². The van der Waals surface area contributed by atoms with Gasteiger partial charge in [0.15, 0.2) is 23.3 Å². The maximum Gasteiger partial charge on any atom is 0.185 e. The molecule has 0 aliphatic carbocycles. The monoisotopic (exact) mass is 290 g/mol. The van der Waals surface area contributed by atoms with Crippen molar-refractivity contribution in [3.63, 3.8) is 0 Å². The van der Waals surface area contributed by atoms with Crippen LogP contribution in [0.25, 0.3) is 0 Å². The molecule has 1 N–H and O–H groups in total. The molecule has 1 aromatic carbocycles. The molecule has 1 aliphatic heterocycles. The van der Waals surface area contributed by atoms with Crippen molar-refractivity contribution >= 4 is 5.69 Å². The van der Waals surface area contributed by atoms with Gasteiger partial charge in [-0.15, -0.1) is 0 Å². The van der Waals surface area contributed by atoms with Crippen molar-refractivity contribution in [1.82, 2.24) is 5.32 Å². The fourth-order valence-electron chi connectivity index (χ4n) is 2.37. The van der Waals surface area contributed by atoms with E-state index in [-0.39, 0.29) is 17.5 Å². The fourth-order valence-corrected chi connectivity index (χ4v) is 2.37. The Morgan fingerprint density at radius 3 is 2.15 bits per heavy atom. The number of anilines is 1. The lowest BCUT2D eigenvalue weighted by atomic mass is 9.85. The minimum Gasteiger partial charge on any atom is -0.364 e. The molecule has 0 spiro atoms. The Kier molecular flexibility index (Phi) is 3.95. The standard InChI is InChI=1S/C14H18F4N2/c1-14(2,3)10-7-20(5-4-19-10)13-11(17)8(15)6-9(16)12(13)18/h6,10,19H,4-5,7H2,1-3H3. The summed E-state index contributed by atoms with van der Waals surface area (Å²) in [5, 5.41) is 3.25. The van der Waals surface area contributed by atoms with Gasteiger partial charge < -0.3 is 10.2 Å². The Balaban J connectivity index is 2.37. The zero-order valence-corrected chi connectivity index (χ0v) is 11.7. The quantitative estimate of drug-likeness (QED) is 0.631. The van der Waals surface area contributed by atoms with Crippen molar-refractivity contribution in [2.75, 3.05) is 24.5 Å². The van der Waals surface area contributed by atoms with Crippen molar-refractivity contribution in [3.05, 3.63) is 29.3 Å². The van der Waals surface area contributed by atoms with Crippen LogP contribution in [0, 0.1) is 28.7 Å². The van der Waals surface area contributed by atoms with Crippen LogP contribution in [0.15, 0.2) is 6.07 Å². The Hall–Kier alpha value is -1.30. The summed E-state index contributed by atoms with van der Waals surface area (Å²) in [5.74, 6) is -5.41. The van der Waals surface area contributed by atoms with E-state index in [9.17, 15) is 17.6 Å². The highest BCUT2D eigenvalue weighted by atomic mass is 19.2. The molecule has 1 unspecified atom stereocenters. The lowest BCUT2D eigenvalue weighted by Gasteiger charge is -2.41. The summed E-state index contributed by atoms with van der Waals surface area (Å²) in [6.45, 7) is 7.07. The van der Waals surface area contributed by atoms with E-state index in [0.29, 0.717) is 19.6 Å². The van der Waals surface area contributed by atoms with Gasteiger partial charge in [-0.2, -0.15) is 0 Å². The van der Waals surface area contributed by atoms with E-state index in [1.807, 2.05) is 20.8 Å². The molecule has 1 saturated heterocycles. The molecule has 1 atom stereocenters. The molecule has 0 radical (unpaired) electrons. The smallest absolute Gasteiger partial charge is 0.185 e. The van der Waals surface area contributed by atoms with Crippen LogP contribution in [0.4, 0.5) is 23.2 Å². The molecule has 0 amide bonds. The first-order valence-electron chi connectivity index (χ1n) is 6.53. The van der Waals surface area contributed by atoms with Gasteiger partial charge in [-0.05, 0) is 5.41 Å². The fraction of sp³-hybridized carbons (Fsp3) is 0.571. The Bertz CT molecular complexity index is 485. The molecule has 2 rings (SSSR count). The topological polar surface area (TPSA) is 15.3 Å². The lowest BCUT2D eigenvalue weighted by molar-refractivity contribution is 0.252. The zero-order valence-electron chi connectivity index (χ0n) is 11.7. The van der Waals surface area contributed by atoms with Crippen LogP contribution < -0.4 is 10.2 Å². The van der Waals surface area contributed by atoms with E-state index in [4.69, 9.17) is 0 Å². The van der Waals surface area contributed by atoms with Crippen LogP contribution in [0.2, 0.25) is 0 Å². The summed E-state index contributed by atoms with van der Waals surface area (Å²) in [6, 6.07) is 0.207. The number of hydrogen-bond acceptors (Lipinski definition) is 2. The maximum absolute atomic E-state index is 13.8. The van der Waals surface area contributed by atoms with Crippen molar-refractivity contribution in [2.24, 2.45) is 5.41 Å². The molecular weight excluding hydrogens is 272 g/mol. The number of benzene rings is 1. The van der Waals surface area contributed by atoms with Crippen molar-refractivity contribution in [2.45, 2.75) is 26.8 Å². The first-order valence-corrected chi connectivity index (χ1v) is 6.53. The molecule has 2 nitrogen and oxygen atoms in total. The number of halogens is 4. The maximum atomic E-state index is 13.8. The van der Waals surface area contributed by atoms with Crippen molar-refractivity contribution < 1.29 is 17.6 Å². The number of rotatable bonds is 1. The highest BCUT2D eigenvalue weighted by Crippen LogP contribution is 2.31. The third kappa shape index (κ3) is 2.75. The average molecular weight is 290 g/mol. The van der Waals surface area contributed by atoms with E-state index >= 15 is 0 Å². The van der Waals surface area contributed by atoms with Crippen molar-refractivity contribution in [3.8, 4) is 0 Å². The van der Waals surface area contributed by atoms with Gasteiger partial charge >= 0.3 is 0 Å². The SMILES string of the molecule is CC(C)(C)C1CN(c2c(F)c(F)cc(F)c2F)CCN1. The molecule has 6 heteroatoms. The van der Waals surface area contributed by atoms with Gasteiger partial charge in [-0.1, -0.05) is 20.8 Å². The van der Waals surface area contributed by atoms with E-state index in [1.54, 1.807) is 0 Å². The summed E-state index contributed by atoms with van der Waals surface area (Å²) in [7, 11) is 0. The Labute approximate surface area is 115 Å². The van der Waals surface area contributed by atoms with Gasteiger partial charge in [0, 0.05) is 31.7 Å². The molecule has 1 fully saturated rings. The van der Waals surface area contributed by atoms with Crippen LogP contribution in [-0.2, 0) is 0 Å². The summed E-state index contributed by atoms with van der Waals surface area (Å²) < 4.78 is 54.2. The van der Waals surface area contributed by atoms with Crippen LogP contribution in [0.5, 0.6) is 0 Å². The number of nitrogens with zero attached hydrogens (tertiary/aromatic N) is 1. The van der Waals surface area contributed by atoms with E-state index in [1.165, 1.54) is 4.90 Å². The van der Waals surface area contributed by atoms with E-state index in [2.05, 4.69) is 5.32 Å². The molecule has 0 bridgehead atoms. The summed E-state index contributed by atoms with van der Waals surface area (Å²) >= 11 is 0. The van der Waals surface area contributed by atoms with Crippen LogP contribution in [-0.4, -0.2) is 25.7 Å². The van der Waals surface area contributed by atoms with E-state index in [0.717, 1.165) is 0 Å². The average Bonchev–Trinajstić information content (AvgIpc) is 2.36. The third-order valence-corrected chi connectivity index (χ3v) is 3.63. The number of piperazine rings is 1. The van der Waals surface area contributed by atoms with Gasteiger partial charge in [0.05, 0.1) is 0 Å². The lowest BCUT2D eigenvalue weighted by Crippen LogP contribution is -2.56. The van der Waals surface area contributed by atoms with Gasteiger partial charge in [0.1, 0.15) is 5.69 Å². The molecule has 0 saturated carbocycles. The first-order chi connectivity index (χ1) is 9.21. The predicted molar refractivity (Wildman–Crippen MR) is 69.7 cm³/mol. The second kappa shape index (κ2) is 5.24. The Morgan fingerprint density at radius 2 is 1.65 bits per heavy atom. The molecule has 0 aromatic heterocycles. The van der Waals surface area contributed by atoms with Crippen LogP contribution in [0.1, 0.15) is 20.8 Å². The number of nitrogens with one attached hydrogen (secondary N) is 1. The third-order valence-electron chi connectivity index (χ3n) is 3.63. The second-order valence-electron chi connectivity index (χ2n) is 6.14. The Morgan fingerprint density at radius 1 is 1.10 bits per heavy atom. The van der Waals surface area contributed by atoms with Crippen LogP contribution in [0.3, 0.4) is 0 Å². The highest BCUT2D eigenvalue weighted by molar-refractivity contribution is 5.51. The largest absolute Gasteiger partial charge is 0.364 e. The highest BCUT2D eigenvalue weighted by Gasteiger charge is 2.32. The molecular formula is C14H18F4N2. The zero-order chi connectivity index (χ0) is 15.1. The summed E-state index contributed by atoms with van der Waals surface area (Å²) in [4.78, 5) is 1.36. The molecule has 1 aliphatic rings. The van der Waals surface area contributed by atoms with Gasteiger partial charge in [-0.25, -0.2) is 17.6 Å². The molecule has 1 heterocycles. The van der Waals surface area contributed by atoms with Gasteiger partial charge in [-0.3, -0.25) is 0 Å². The van der Waals surface area contributed by atoms with Gasteiger partial charge in [0.25, 0.3) is 0 Å². The predicted octanol–water partition coefficient (Wildman–Crippen LogP) is 3.07. The summed E-state index contributed by atoms with van der Waals surface area (Å²) in [5.41, 5.74) is -0.740. The minimum absolute atomic E-state index is 0.0265. The second-order valence-corrected chi connectivity index (χ2v) is 6.14. The molecule has 20 heavy (non-hydrogen) atoms. The van der Waals surface area contributed by atoms with Crippen LogP contribution >= 0.6 is 0 Å². The normalized spacial score (nSPS) is 20.4. The first kappa shape index (κ1) is 15.1. The summed E-state index contributed by atoms with van der Waals surface area (Å²) in [6.07, 6.45) is 0. The van der Waals surface area contributed by atoms with Crippen molar-refractivity contribution in [1.29, 1.82) is 0 Å². The van der Waals surface area contributed by atoms with Gasteiger partial charge in [0.2, 0.25) is 0 Å². The molecule has 1 aromatic rings. The molecule has 112 valence electrons.